The first-order valence-electron chi connectivity index (χ1n) is 9.94. The monoisotopic (exact) mass is 350 g/mol. The third-order valence-electron chi connectivity index (χ3n) is 5.38. The van der Waals surface area contributed by atoms with Crippen molar-refractivity contribution in [3.63, 3.8) is 0 Å². The van der Waals surface area contributed by atoms with Crippen LogP contribution in [0.1, 0.15) is 72.6 Å². The normalized spacial score (nSPS) is 22.8. The summed E-state index contributed by atoms with van der Waals surface area (Å²) >= 11 is 0. The SMILES string of the molecule is C=C(O)CCCC(C)CCCC(CO)OC1=C(CC)C=CC(C)C1C. The summed E-state index contributed by atoms with van der Waals surface area (Å²) in [7, 11) is 0. The summed E-state index contributed by atoms with van der Waals surface area (Å²) in [5.41, 5.74) is 1.27. The molecular weight excluding hydrogens is 312 g/mol. The summed E-state index contributed by atoms with van der Waals surface area (Å²) in [6, 6.07) is 0. The van der Waals surface area contributed by atoms with Gasteiger partial charge >= 0.3 is 0 Å². The van der Waals surface area contributed by atoms with Gasteiger partial charge in [0, 0.05) is 12.3 Å². The van der Waals surface area contributed by atoms with Gasteiger partial charge in [-0.05, 0) is 43.1 Å². The molecule has 0 bridgehead atoms. The molecule has 0 aliphatic heterocycles. The van der Waals surface area contributed by atoms with Gasteiger partial charge in [-0.25, -0.2) is 0 Å². The van der Waals surface area contributed by atoms with Crippen molar-refractivity contribution in [1.29, 1.82) is 0 Å². The lowest BCUT2D eigenvalue weighted by molar-refractivity contribution is 0.0318. The van der Waals surface area contributed by atoms with Crippen LogP contribution >= 0.6 is 0 Å². The summed E-state index contributed by atoms with van der Waals surface area (Å²) in [5.74, 6) is 2.84. The van der Waals surface area contributed by atoms with Crippen molar-refractivity contribution in [2.45, 2.75) is 78.7 Å². The maximum Gasteiger partial charge on any atom is 0.121 e. The van der Waals surface area contributed by atoms with Crippen molar-refractivity contribution in [3.05, 3.63) is 35.8 Å². The number of aliphatic hydroxyl groups is 2. The molecule has 25 heavy (non-hydrogen) atoms. The lowest BCUT2D eigenvalue weighted by atomic mass is 9.85. The van der Waals surface area contributed by atoms with Crippen LogP contribution in [0.25, 0.3) is 0 Å². The van der Waals surface area contributed by atoms with E-state index in [0.29, 0.717) is 24.2 Å². The Balaban J connectivity index is 2.44. The van der Waals surface area contributed by atoms with E-state index in [1.165, 1.54) is 5.57 Å². The van der Waals surface area contributed by atoms with Crippen LogP contribution in [0, 0.1) is 17.8 Å². The van der Waals surface area contributed by atoms with Crippen LogP contribution in [0.3, 0.4) is 0 Å². The van der Waals surface area contributed by atoms with E-state index >= 15 is 0 Å². The predicted molar refractivity (Wildman–Crippen MR) is 105 cm³/mol. The van der Waals surface area contributed by atoms with Gasteiger partial charge in [0.25, 0.3) is 0 Å². The number of aliphatic hydroxyl groups excluding tert-OH is 2. The highest BCUT2D eigenvalue weighted by atomic mass is 16.5. The zero-order valence-corrected chi connectivity index (χ0v) is 16.6. The largest absolute Gasteiger partial charge is 0.513 e. The summed E-state index contributed by atoms with van der Waals surface area (Å²) in [6.07, 6.45) is 11.2. The molecule has 3 heteroatoms. The van der Waals surface area contributed by atoms with Crippen LogP contribution in [-0.4, -0.2) is 22.9 Å². The Morgan fingerprint density at radius 1 is 1.24 bits per heavy atom. The number of hydrogen-bond acceptors (Lipinski definition) is 3. The van der Waals surface area contributed by atoms with Gasteiger partial charge in [-0.2, -0.15) is 0 Å². The van der Waals surface area contributed by atoms with Crippen LogP contribution in [0.5, 0.6) is 0 Å². The van der Waals surface area contributed by atoms with Crippen molar-refractivity contribution >= 4 is 0 Å². The highest BCUT2D eigenvalue weighted by molar-refractivity contribution is 5.29. The maximum absolute atomic E-state index is 9.73. The van der Waals surface area contributed by atoms with E-state index in [-0.39, 0.29) is 18.5 Å². The second-order valence-electron chi connectivity index (χ2n) is 7.67. The second-order valence-corrected chi connectivity index (χ2v) is 7.67. The Hall–Kier alpha value is -1.22. The van der Waals surface area contributed by atoms with Crippen molar-refractivity contribution in [1.82, 2.24) is 0 Å². The zero-order chi connectivity index (χ0) is 18.8. The first-order valence-corrected chi connectivity index (χ1v) is 9.94. The van der Waals surface area contributed by atoms with E-state index in [9.17, 15) is 5.11 Å². The van der Waals surface area contributed by atoms with Crippen molar-refractivity contribution in [2.75, 3.05) is 6.61 Å². The van der Waals surface area contributed by atoms with E-state index < -0.39 is 0 Å². The maximum atomic E-state index is 9.73. The summed E-state index contributed by atoms with van der Waals surface area (Å²) < 4.78 is 6.25. The number of rotatable bonds is 12. The molecule has 0 aromatic rings. The molecule has 0 saturated carbocycles. The Morgan fingerprint density at radius 2 is 1.92 bits per heavy atom. The van der Waals surface area contributed by atoms with Crippen LogP contribution in [0.2, 0.25) is 0 Å². The summed E-state index contributed by atoms with van der Waals surface area (Å²) in [4.78, 5) is 0. The van der Waals surface area contributed by atoms with Crippen LogP contribution < -0.4 is 0 Å². The average molecular weight is 351 g/mol. The van der Waals surface area contributed by atoms with Gasteiger partial charge in [-0.15, -0.1) is 0 Å². The molecule has 0 amide bonds. The minimum absolute atomic E-state index is 0.0734. The quantitative estimate of drug-likeness (QED) is 0.430. The highest BCUT2D eigenvalue weighted by Gasteiger charge is 2.25. The molecule has 0 aromatic heterocycles. The van der Waals surface area contributed by atoms with Gasteiger partial charge < -0.3 is 14.9 Å². The Kier molecular flexibility index (Phi) is 9.96. The van der Waals surface area contributed by atoms with E-state index in [0.717, 1.165) is 44.3 Å². The van der Waals surface area contributed by atoms with Gasteiger partial charge in [0.15, 0.2) is 0 Å². The summed E-state index contributed by atoms with van der Waals surface area (Å²) in [5, 5.41) is 18.9. The van der Waals surface area contributed by atoms with E-state index in [1.54, 1.807) is 0 Å². The summed E-state index contributed by atoms with van der Waals surface area (Å²) in [6.45, 7) is 12.4. The molecule has 0 aromatic carbocycles. The van der Waals surface area contributed by atoms with Gasteiger partial charge in [0.2, 0.25) is 0 Å². The Labute approximate surface area is 154 Å². The van der Waals surface area contributed by atoms with Gasteiger partial charge in [0.1, 0.15) is 11.9 Å². The van der Waals surface area contributed by atoms with Crippen LogP contribution in [0.15, 0.2) is 35.8 Å². The van der Waals surface area contributed by atoms with E-state index in [4.69, 9.17) is 9.84 Å². The minimum atomic E-state index is -0.109. The standard InChI is InChI=1S/C22H38O3/c1-6-20-14-13-17(3)19(5)22(20)25-21(15-23)12-8-10-16(2)9-7-11-18(4)24/h13-14,16-17,19,21,23-24H,4,6-12,15H2,1-3,5H3. The second kappa shape index (κ2) is 11.4. The molecule has 0 spiro atoms. The molecule has 4 unspecified atom stereocenters. The van der Waals surface area contributed by atoms with Gasteiger partial charge in [-0.3, -0.25) is 0 Å². The number of ether oxygens (including phenoxy) is 1. The lowest BCUT2D eigenvalue weighted by Crippen LogP contribution is -2.24. The number of allylic oxidation sites excluding steroid dienone is 5. The molecule has 144 valence electrons. The number of hydrogen-bond donors (Lipinski definition) is 2. The van der Waals surface area contributed by atoms with Crippen LogP contribution in [-0.2, 0) is 4.74 Å². The third kappa shape index (κ3) is 7.68. The molecule has 3 nitrogen and oxygen atoms in total. The molecule has 0 fully saturated rings. The predicted octanol–water partition coefficient (Wildman–Crippen LogP) is 5.92. The highest BCUT2D eigenvalue weighted by Crippen LogP contribution is 2.33. The molecule has 0 saturated heterocycles. The van der Waals surface area contributed by atoms with Crippen molar-refractivity contribution in [3.8, 4) is 0 Å². The molecule has 1 aliphatic carbocycles. The molecular formula is C22H38O3. The Bertz CT molecular complexity index is 464. The topological polar surface area (TPSA) is 49.7 Å². The average Bonchev–Trinajstić information content (AvgIpc) is 2.57. The fourth-order valence-corrected chi connectivity index (χ4v) is 3.38. The minimum Gasteiger partial charge on any atom is -0.513 e. The fraction of sp³-hybridized carbons (Fsp3) is 0.727. The molecule has 1 aliphatic rings. The van der Waals surface area contributed by atoms with Crippen molar-refractivity contribution < 1.29 is 14.9 Å². The van der Waals surface area contributed by atoms with Crippen LogP contribution in [0.4, 0.5) is 0 Å². The third-order valence-corrected chi connectivity index (χ3v) is 5.38. The van der Waals surface area contributed by atoms with E-state index in [2.05, 4.69) is 46.4 Å². The van der Waals surface area contributed by atoms with Crippen molar-refractivity contribution in [2.24, 2.45) is 17.8 Å². The lowest BCUT2D eigenvalue weighted by Gasteiger charge is -2.30. The molecule has 4 atom stereocenters. The molecule has 2 N–H and O–H groups in total. The first-order chi connectivity index (χ1) is 11.9. The zero-order valence-electron chi connectivity index (χ0n) is 16.6. The first kappa shape index (κ1) is 21.8. The fourth-order valence-electron chi connectivity index (χ4n) is 3.38. The molecule has 0 heterocycles. The van der Waals surface area contributed by atoms with E-state index in [1.807, 2.05) is 0 Å². The van der Waals surface area contributed by atoms with Gasteiger partial charge in [0.05, 0.1) is 12.4 Å². The molecule has 0 radical (unpaired) electrons. The smallest absolute Gasteiger partial charge is 0.121 e. The van der Waals surface area contributed by atoms with Gasteiger partial charge in [-0.1, -0.05) is 59.3 Å². The molecule has 1 rings (SSSR count). The Morgan fingerprint density at radius 3 is 2.52 bits per heavy atom.